The highest BCUT2D eigenvalue weighted by Gasteiger charge is 2.09. The number of fused-ring (bicyclic) bond motifs is 1. The van der Waals surface area contributed by atoms with Crippen LogP contribution in [0, 0.1) is 0 Å². The van der Waals surface area contributed by atoms with Crippen molar-refractivity contribution in [1.29, 1.82) is 0 Å². The van der Waals surface area contributed by atoms with Gasteiger partial charge in [-0.2, -0.15) is 0 Å². The lowest BCUT2D eigenvalue weighted by Gasteiger charge is -2.26. The molecule has 0 unspecified atom stereocenters. The smallest absolute Gasteiger partial charge is 0.251 e. The van der Waals surface area contributed by atoms with E-state index in [1.54, 1.807) is 6.07 Å². The highest BCUT2D eigenvalue weighted by atomic mass is 16.1. The van der Waals surface area contributed by atoms with Gasteiger partial charge in [-0.1, -0.05) is 31.0 Å². The van der Waals surface area contributed by atoms with Crippen LogP contribution in [0.25, 0.3) is 10.9 Å². The third kappa shape index (κ3) is 3.77. The first-order valence-corrected chi connectivity index (χ1v) is 8.65. The largest absolute Gasteiger partial charge is 0.308 e. The fourth-order valence-electron chi connectivity index (χ4n) is 3.44. The molecule has 0 aliphatic carbocycles. The van der Waals surface area contributed by atoms with Crippen LogP contribution >= 0.6 is 0 Å². The van der Waals surface area contributed by atoms with Crippen molar-refractivity contribution in [3.63, 3.8) is 0 Å². The van der Waals surface area contributed by atoms with Gasteiger partial charge in [-0.15, -0.1) is 0 Å². The second-order valence-corrected chi connectivity index (χ2v) is 6.34. The molecular weight excluding hydrogens is 272 g/mol. The molecule has 1 aromatic carbocycles. The van der Waals surface area contributed by atoms with Crippen molar-refractivity contribution in [3.05, 3.63) is 46.8 Å². The molecule has 3 rings (SSSR count). The van der Waals surface area contributed by atoms with E-state index in [1.165, 1.54) is 51.7 Å². The summed E-state index contributed by atoms with van der Waals surface area (Å²) < 4.78 is 1.93. The molecule has 2 aromatic rings. The van der Waals surface area contributed by atoms with Gasteiger partial charge in [-0.3, -0.25) is 4.79 Å². The Balaban J connectivity index is 1.51. The van der Waals surface area contributed by atoms with Crippen molar-refractivity contribution < 1.29 is 0 Å². The minimum atomic E-state index is 0.120. The first-order valence-electron chi connectivity index (χ1n) is 8.65. The Morgan fingerprint density at radius 3 is 2.45 bits per heavy atom. The van der Waals surface area contributed by atoms with Crippen LogP contribution in [0.5, 0.6) is 0 Å². The Hall–Kier alpha value is -1.61. The summed E-state index contributed by atoms with van der Waals surface area (Å²) >= 11 is 0. The molecule has 0 saturated carbocycles. The summed E-state index contributed by atoms with van der Waals surface area (Å²) in [6.45, 7) is 4.62. The predicted molar refractivity (Wildman–Crippen MR) is 92.4 cm³/mol. The molecule has 118 valence electrons. The van der Waals surface area contributed by atoms with Crippen LogP contribution in [0.4, 0.5) is 0 Å². The first kappa shape index (κ1) is 15.3. The van der Waals surface area contributed by atoms with Gasteiger partial charge in [-0.25, -0.2) is 0 Å². The number of aromatic nitrogens is 1. The van der Waals surface area contributed by atoms with Crippen LogP contribution in [0.2, 0.25) is 0 Å². The maximum absolute atomic E-state index is 12.1. The van der Waals surface area contributed by atoms with Crippen LogP contribution in [0.1, 0.15) is 38.5 Å². The lowest BCUT2D eigenvalue weighted by atomic mass is 10.1. The van der Waals surface area contributed by atoms with Gasteiger partial charge in [0.05, 0.1) is 5.52 Å². The maximum atomic E-state index is 12.1. The summed E-state index contributed by atoms with van der Waals surface area (Å²) in [4.78, 5) is 14.7. The minimum absolute atomic E-state index is 0.120. The topological polar surface area (TPSA) is 25.2 Å². The molecule has 3 heteroatoms. The molecule has 22 heavy (non-hydrogen) atoms. The summed E-state index contributed by atoms with van der Waals surface area (Å²) in [5.41, 5.74) is 1.18. The molecule has 1 saturated heterocycles. The highest BCUT2D eigenvalue weighted by molar-refractivity contribution is 5.78. The van der Waals surface area contributed by atoms with Crippen LogP contribution in [-0.4, -0.2) is 29.1 Å². The molecule has 3 nitrogen and oxygen atoms in total. The van der Waals surface area contributed by atoms with Crippen molar-refractivity contribution in [1.82, 2.24) is 9.47 Å². The number of pyridine rings is 1. The van der Waals surface area contributed by atoms with Crippen LogP contribution in [-0.2, 0) is 6.54 Å². The maximum Gasteiger partial charge on any atom is 0.251 e. The van der Waals surface area contributed by atoms with E-state index in [0.717, 1.165) is 23.9 Å². The van der Waals surface area contributed by atoms with E-state index in [9.17, 15) is 4.79 Å². The molecule has 0 radical (unpaired) electrons. The number of nitrogens with zero attached hydrogens (tertiary/aromatic N) is 2. The Morgan fingerprint density at radius 1 is 0.818 bits per heavy atom. The zero-order chi connectivity index (χ0) is 15.2. The van der Waals surface area contributed by atoms with E-state index in [-0.39, 0.29) is 5.56 Å². The van der Waals surface area contributed by atoms with Gasteiger partial charge in [0.2, 0.25) is 0 Å². The van der Waals surface area contributed by atoms with Gasteiger partial charge in [0.15, 0.2) is 0 Å². The van der Waals surface area contributed by atoms with Crippen molar-refractivity contribution in [3.8, 4) is 0 Å². The first-order chi connectivity index (χ1) is 10.8. The lowest BCUT2D eigenvalue weighted by Crippen LogP contribution is -2.30. The lowest BCUT2D eigenvalue weighted by molar-refractivity contribution is 0.224. The van der Waals surface area contributed by atoms with E-state index in [0.29, 0.717) is 0 Å². The number of benzene rings is 1. The van der Waals surface area contributed by atoms with Gasteiger partial charge >= 0.3 is 0 Å². The number of para-hydroxylation sites is 1. The molecular formula is C19H26N2O. The Bertz CT molecular complexity index is 656. The normalized spacial score (nSPS) is 16.2. The molecule has 1 fully saturated rings. The second kappa shape index (κ2) is 7.59. The molecule has 1 aliphatic heterocycles. The summed E-state index contributed by atoms with van der Waals surface area (Å²) in [5.74, 6) is 0. The molecule has 0 bridgehead atoms. The highest BCUT2D eigenvalue weighted by Crippen LogP contribution is 2.13. The Kier molecular flexibility index (Phi) is 5.28. The fraction of sp³-hybridized carbons (Fsp3) is 0.526. The van der Waals surface area contributed by atoms with Gasteiger partial charge in [0.25, 0.3) is 5.56 Å². The van der Waals surface area contributed by atoms with E-state index in [2.05, 4.69) is 11.0 Å². The third-order valence-corrected chi connectivity index (χ3v) is 4.70. The number of likely N-dealkylation sites (tertiary alicyclic amines) is 1. The Labute approximate surface area is 132 Å². The quantitative estimate of drug-likeness (QED) is 0.761. The number of hydrogen-bond donors (Lipinski definition) is 0. The van der Waals surface area contributed by atoms with E-state index in [4.69, 9.17) is 0 Å². The summed E-state index contributed by atoms with van der Waals surface area (Å²) in [5, 5.41) is 1.15. The van der Waals surface area contributed by atoms with E-state index >= 15 is 0 Å². The van der Waals surface area contributed by atoms with Crippen LogP contribution < -0.4 is 5.56 Å². The van der Waals surface area contributed by atoms with Crippen LogP contribution in [0.3, 0.4) is 0 Å². The van der Waals surface area contributed by atoms with Crippen molar-refractivity contribution in [2.24, 2.45) is 0 Å². The van der Waals surface area contributed by atoms with Crippen molar-refractivity contribution in [2.75, 3.05) is 19.6 Å². The molecule has 2 heterocycles. The number of unbranched alkanes of at least 4 members (excludes halogenated alkanes) is 2. The van der Waals surface area contributed by atoms with Gasteiger partial charge in [-0.05, 0) is 62.8 Å². The predicted octanol–water partition coefficient (Wildman–Crippen LogP) is 3.66. The number of rotatable bonds is 6. The molecule has 1 aromatic heterocycles. The van der Waals surface area contributed by atoms with Crippen molar-refractivity contribution >= 4 is 10.9 Å². The standard InChI is InChI=1S/C19H26N2O/c22-19-12-11-17-9-3-4-10-18(17)21(19)16-8-2-7-15-20-13-5-1-6-14-20/h3-4,9-12H,1-2,5-8,13-16H2. The molecule has 0 spiro atoms. The fourth-order valence-corrected chi connectivity index (χ4v) is 3.44. The number of aryl methyl sites for hydroxylation is 1. The molecule has 0 atom stereocenters. The summed E-state index contributed by atoms with van der Waals surface area (Å²) in [6.07, 6.45) is 7.67. The van der Waals surface area contributed by atoms with Gasteiger partial charge < -0.3 is 9.47 Å². The van der Waals surface area contributed by atoms with Gasteiger partial charge in [0, 0.05) is 12.6 Å². The van der Waals surface area contributed by atoms with E-state index < -0.39 is 0 Å². The molecule has 1 aliphatic rings. The zero-order valence-corrected chi connectivity index (χ0v) is 13.3. The van der Waals surface area contributed by atoms with E-state index in [1.807, 2.05) is 28.8 Å². The van der Waals surface area contributed by atoms with Gasteiger partial charge in [0.1, 0.15) is 0 Å². The molecule has 0 amide bonds. The average molecular weight is 298 g/mol. The SMILES string of the molecule is O=c1ccc2ccccc2n1CCCCCN1CCCCC1. The minimum Gasteiger partial charge on any atom is -0.308 e. The second-order valence-electron chi connectivity index (χ2n) is 6.34. The summed E-state index contributed by atoms with van der Waals surface area (Å²) in [7, 11) is 0. The van der Waals surface area contributed by atoms with Crippen molar-refractivity contribution in [2.45, 2.75) is 45.1 Å². The number of piperidine rings is 1. The van der Waals surface area contributed by atoms with Crippen LogP contribution in [0.15, 0.2) is 41.2 Å². The third-order valence-electron chi connectivity index (χ3n) is 4.70. The number of hydrogen-bond acceptors (Lipinski definition) is 2. The zero-order valence-electron chi connectivity index (χ0n) is 13.3. The summed E-state index contributed by atoms with van der Waals surface area (Å²) in [6, 6.07) is 11.8. The monoisotopic (exact) mass is 298 g/mol. The Morgan fingerprint density at radius 2 is 1.59 bits per heavy atom. The molecule has 0 N–H and O–H groups in total. The average Bonchev–Trinajstić information content (AvgIpc) is 2.57.